The van der Waals surface area contributed by atoms with E-state index in [4.69, 9.17) is 0 Å². The fourth-order valence-corrected chi connectivity index (χ4v) is 1.24. The standard InChI is InChI=1S/C9H18N2O/c1-9(2,3)8(12)11(4)7-5-10-6-7/h7,10H,5-6H2,1-4H3. The summed E-state index contributed by atoms with van der Waals surface area (Å²) in [5.41, 5.74) is -0.246. The van der Waals surface area contributed by atoms with Crippen molar-refractivity contribution in [1.82, 2.24) is 10.2 Å². The molecule has 1 aliphatic heterocycles. The minimum atomic E-state index is -0.246. The van der Waals surface area contributed by atoms with Crippen LogP contribution in [0.4, 0.5) is 0 Å². The number of carbonyl (C=O) groups is 1. The zero-order valence-electron chi connectivity index (χ0n) is 8.35. The monoisotopic (exact) mass is 170 g/mol. The smallest absolute Gasteiger partial charge is 0.228 e. The van der Waals surface area contributed by atoms with E-state index in [0.29, 0.717) is 6.04 Å². The first-order valence-electron chi connectivity index (χ1n) is 4.41. The maximum atomic E-state index is 11.7. The zero-order valence-corrected chi connectivity index (χ0v) is 8.35. The van der Waals surface area contributed by atoms with Crippen molar-refractivity contribution < 1.29 is 4.79 Å². The highest BCUT2D eigenvalue weighted by Gasteiger charge is 2.31. The molecule has 1 fully saturated rings. The van der Waals surface area contributed by atoms with Crippen LogP contribution in [0.15, 0.2) is 0 Å². The molecule has 1 saturated heterocycles. The summed E-state index contributed by atoms with van der Waals surface area (Å²) in [4.78, 5) is 13.6. The molecule has 0 saturated carbocycles. The molecule has 0 unspecified atom stereocenters. The van der Waals surface area contributed by atoms with Gasteiger partial charge in [-0.2, -0.15) is 0 Å². The average Bonchev–Trinajstić information content (AvgIpc) is 1.79. The molecule has 0 radical (unpaired) electrons. The van der Waals surface area contributed by atoms with Crippen molar-refractivity contribution in [2.45, 2.75) is 26.8 Å². The molecule has 70 valence electrons. The lowest BCUT2D eigenvalue weighted by Crippen LogP contribution is -2.59. The maximum absolute atomic E-state index is 11.7. The van der Waals surface area contributed by atoms with Gasteiger partial charge in [0, 0.05) is 25.6 Å². The highest BCUT2D eigenvalue weighted by molar-refractivity contribution is 5.81. The van der Waals surface area contributed by atoms with Crippen molar-refractivity contribution in [1.29, 1.82) is 0 Å². The van der Waals surface area contributed by atoms with Crippen molar-refractivity contribution in [3.63, 3.8) is 0 Å². The van der Waals surface area contributed by atoms with E-state index in [0.717, 1.165) is 13.1 Å². The van der Waals surface area contributed by atoms with E-state index >= 15 is 0 Å². The third-order valence-electron chi connectivity index (χ3n) is 2.27. The van der Waals surface area contributed by atoms with Crippen molar-refractivity contribution >= 4 is 5.91 Å². The Hall–Kier alpha value is -0.570. The average molecular weight is 170 g/mol. The van der Waals surface area contributed by atoms with Crippen LogP contribution in [0.25, 0.3) is 0 Å². The molecule has 1 N–H and O–H groups in total. The summed E-state index contributed by atoms with van der Waals surface area (Å²) in [6.07, 6.45) is 0. The number of amides is 1. The Bertz CT molecular complexity index is 179. The van der Waals surface area contributed by atoms with E-state index in [1.54, 1.807) is 0 Å². The minimum absolute atomic E-state index is 0.231. The molecule has 3 heteroatoms. The van der Waals surface area contributed by atoms with Gasteiger partial charge in [-0.05, 0) is 0 Å². The Kier molecular flexibility index (Phi) is 2.42. The van der Waals surface area contributed by atoms with Gasteiger partial charge in [0.2, 0.25) is 5.91 Å². The molecule has 1 amide bonds. The van der Waals surface area contributed by atoms with E-state index in [2.05, 4.69) is 5.32 Å². The summed E-state index contributed by atoms with van der Waals surface area (Å²) in [5, 5.41) is 3.15. The van der Waals surface area contributed by atoms with E-state index in [9.17, 15) is 4.79 Å². The third kappa shape index (κ3) is 1.78. The Morgan fingerprint density at radius 1 is 1.42 bits per heavy atom. The van der Waals surface area contributed by atoms with Crippen molar-refractivity contribution in [3.8, 4) is 0 Å². The Morgan fingerprint density at radius 2 is 1.92 bits per heavy atom. The lowest BCUT2D eigenvalue weighted by Gasteiger charge is -2.38. The van der Waals surface area contributed by atoms with Crippen LogP contribution in [0.1, 0.15) is 20.8 Å². The van der Waals surface area contributed by atoms with Crippen molar-refractivity contribution in [3.05, 3.63) is 0 Å². The van der Waals surface area contributed by atoms with E-state index in [1.807, 2.05) is 32.7 Å². The van der Waals surface area contributed by atoms with Crippen LogP contribution in [0, 0.1) is 5.41 Å². The summed E-state index contributed by atoms with van der Waals surface area (Å²) in [6.45, 7) is 7.75. The number of likely N-dealkylation sites (N-methyl/N-ethyl adjacent to an activating group) is 1. The normalized spacial score (nSPS) is 18.7. The van der Waals surface area contributed by atoms with Gasteiger partial charge >= 0.3 is 0 Å². The zero-order chi connectivity index (χ0) is 9.35. The SMILES string of the molecule is CN(C(=O)C(C)(C)C)C1CNC1. The van der Waals surface area contributed by atoms with Gasteiger partial charge in [0.25, 0.3) is 0 Å². The number of rotatable bonds is 1. The molecule has 3 nitrogen and oxygen atoms in total. The van der Waals surface area contributed by atoms with Gasteiger partial charge in [0.1, 0.15) is 0 Å². The quantitative estimate of drug-likeness (QED) is 0.620. The topological polar surface area (TPSA) is 32.3 Å². The third-order valence-corrected chi connectivity index (χ3v) is 2.27. The van der Waals surface area contributed by atoms with Gasteiger partial charge < -0.3 is 10.2 Å². The van der Waals surface area contributed by atoms with Crippen LogP contribution in [0.2, 0.25) is 0 Å². The van der Waals surface area contributed by atoms with E-state index in [1.165, 1.54) is 0 Å². The number of nitrogens with one attached hydrogen (secondary N) is 1. The predicted octanol–water partition coefficient (Wildman–Crippen LogP) is 0.463. The molecule has 0 aromatic heterocycles. The summed E-state index contributed by atoms with van der Waals surface area (Å²) >= 11 is 0. The van der Waals surface area contributed by atoms with Crippen molar-refractivity contribution in [2.24, 2.45) is 5.41 Å². The van der Waals surface area contributed by atoms with Gasteiger partial charge in [0.15, 0.2) is 0 Å². The van der Waals surface area contributed by atoms with E-state index in [-0.39, 0.29) is 11.3 Å². The highest BCUT2D eigenvalue weighted by Crippen LogP contribution is 2.18. The number of carbonyl (C=O) groups excluding carboxylic acids is 1. The van der Waals surface area contributed by atoms with Crippen LogP contribution >= 0.6 is 0 Å². The molecular formula is C9H18N2O. The molecule has 1 rings (SSSR count). The molecule has 1 heterocycles. The fourth-order valence-electron chi connectivity index (χ4n) is 1.24. The molecule has 0 aliphatic carbocycles. The molecule has 0 aromatic carbocycles. The Balaban J connectivity index is 2.51. The van der Waals surface area contributed by atoms with Crippen LogP contribution in [0.5, 0.6) is 0 Å². The minimum Gasteiger partial charge on any atom is -0.340 e. The summed E-state index contributed by atoms with van der Waals surface area (Å²) in [7, 11) is 1.89. The number of hydrogen-bond donors (Lipinski definition) is 1. The molecule has 0 bridgehead atoms. The first-order valence-corrected chi connectivity index (χ1v) is 4.41. The second-order valence-corrected chi connectivity index (χ2v) is 4.48. The van der Waals surface area contributed by atoms with Crippen LogP contribution < -0.4 is 5.32 Å². The van der Waals surface area contributed by atoms with Crippen LogP contribution in [-0.2, 0) is 4.79 Å². The fraction of sp³-hybridized carbons (Fsp3) is 0.889. The number of hydrogen-bond acceptors (Lipinski definition) is 2. The van der Waals surface area contributed by atoms with Gasteiger partial charge in [-0.25, -0.2) is 0 Å². The molecule has 0 spiro atoms. The first kappa shape index (κ1) is 9.52. The molecular weight excluding hydrogens is 152 g/mol. The van der Waals surface area contributed by atoms with Crippen LogP contribution in [0.3, 0.4) is 0 Å². The Labute approximate surface area is 74.1 Å². The maximum Gasteiger partial charge on any atom is 0.228 e. The lowest BCUT2D eigenvalue weighted by atomic mass is 9.93. The largest absolute Gasteiger partial charge is 0.340 e. The molecule has 0 atom stereocenters. The summed E-state index contributed by atoms with van der Waals surface area (Å²) in [5.74, 6) is 0.231. The van der Waals surface area contributed by atoms with Gasteiger partial charge in [-0.15, -0.1) is 0 Å². The van der Waals surface area contributed by atoms with Crippen LogP contribution in [-0.4, -0.2) is 37.0 Å². The van der Waals surface area contributed by atoms with Crippen molar-refractivity contribution in [2.75, 3.05) is 20.1 Å². The first-order chi connectivity index (χ1) is 5.43. The molecule has 1 aliphatic rings. The highest BCUT2D eigenvalue weighted by atomic mass is 16.2. The summed E-state index contributed by atoms with van der Waals surface area (Å²) in [6, 6.07) is 0.414. The second-order valence-electron chi connectivity index (χ2n) is 4.48. The second kappa shape index (κ2) is 3.05. The molecule has 12 heavy (non-hydrogen) atoms. The van der Waals surface area contributed by atoms with Gasteiger partial charge in [-0.3, -0.25) is 4.79 Å². The van der Waals surface area contributed by atoms with Gasteiger partial charge in [-0.1, -0.05) is 20.8 Å². The lowest BCUT2D eigenvalue weighted by molar-refractivity contribution is -0.141. The van der Waals surface area contributed by atoms with E-state index < -0.39 is 0 Å². The number of nitrogens with zero attached hydrogens (tertiary/aromatic N) is 1. The van der Waals surface area contributed by atoms with Gasteiger partial charge in [0.05, 0.1) is 6.04 Å². The predicted molar refractivity (Wildman–Crippen MR) is 48.9 cm³/mol. The Morgan fingerprint density at radius 3 is 2.17 bits per heavy atom. The molecule has 0 aromatic rings. The summed E-state index contributed by atoms with van der Waals surface area (Å²) < 4.78 is 0.